The summed E-state index contributed by atoms with van der Waals surface area (Å²) in [6.45, 7) is 4.59. The summed E-state index contributed by atoms with van der Waals surface area (Å²) in [5.41, 5.74) is 6.27. The first-order valence-electron chi connectivity index (χ1n) is 6.26. The molecular weight excluding hydrogens is 287 g/mol. The predicted octanol–water partition coefficient (Wildman–Crippen LogP) is 2.54. The van der Waals surface area contributed by atoms with Gasteiger partial charge in [-0.25, -0.2) is 0 Å². The van der Waals surface area contributed by atoms with Crippen LogP contribution in [0.4, 0.5) is 13.2 Å². The molecule has 0 aliphatic rings. The summed E-state index contributed by atoms with van der Waals surface area (Å²) in [4.78, 5) is 1.91. The quantitative estimate of drug-likeness (QED) is 0.367. The molecular formula is C13H18F3N3O2. The Labute approximate surface area is 120 Å². The van der Waals surface area contributed by atoms with Crippen LogP contribution in [0.25, 0.3) is 0 Å². The molecule has 5 nitrogen and oxygen atoms in total. The minimum absolute atomic E-state index is 0.0701. The molecule has 0 aliphatic carbocycles. The van der Waals surface area contributed by atoms with Gasteiger partial charge in [0.1, 0.15) is 5.75 Å². The standard InChI is InChI=1S/C13H18F3N3O2/c1-9(2)19(8-12(17)18-20)7-10-3-5-11(6-4-10)21-13(14,15)16/h3-6,9,20H,7-8H2,1-2H3,(H2,17,18). The molecule has 1 rings (SSSR count). The number of hydrogen-bond acceptors (Lipinski definition) is 4. The second kappa shape index (κ2) is 7.16. The molecule has 0 fully saturated rings. The fourth-order valence-electron chi connectivity index (χ4n) is 1.69. The van der Waals surface area contributed by atoms with Crippen LogP contribution in [0, 0.1) is 0 Å². The lowest BCUT2D eigenvalue weighted by Gasteiger charge is -2.25. The topological polar surface area (TPSA) is 71.1 Å². The number of halogens is 3. The Hall–Kier alpha value is -1.96. The maximum Gasteiger partial charge on any atom is 0.573 e. The molecule has 0 aromatic heterocycles. The van der Waals surface area contributed by atoms with Gasteiger partial charge in [-0.2, -0.15) is 0 Å². The summed E-state index contributed by atoms with van der Waals surface area (Å²) in [6, 6.07) is 5.72. The fourth-order valence-corrected chi connectivity index (χ4v) is 1.69. The maximum absolute atomic E-state index is 12.1. The fraction of sp³-hybridized carbons (Fsp3) is 0.462. The van der Waals surface area contributed by atoms with Crippen molar-refractivity contribution < 1.29 is 23.1 Å². The number of hydrogen-bond donors (Lipinski definition) is 2. The average molecular weight is 305 g/mol. The number of nitrogens with two attached hydrogens (primary N) is 1. The Morgan fingerprint density at radius 1 is 1.33 bits per heavy atom. The molecule has 0 saturated carbocycles. The van der Waals surface area contributed by atoms with E-state index in [0.29, 0.717) is 6.54 Å². The van der Waals surface area contributed by atoms with E-state index in [4.69, 9.17) is 10.9 Å². The van der Waals surface area contributed by atoms with Crippen LogP contribution >= 0.6 is 0 Å². The second-order valence-corrected chi connectivity index (χ2v) is 4.78. The van der Waals surface area contributed by atoms with Gasteiger partial charge in [0, 0.05) is 12.6 Å². The van der Waals surface area contributed by atoms with Gasteiger partial charge in [0.05, 0.1) is 6.54 Å². The molecule has 0 unspecified atom stereocenters. The van der Waals surface area contributed by atoms with Gasteiger partial charge in [-0.3, -0.25) is 4.90 Å². The Morgan fingerprint density at radius 2 is 1.90 bits per heavy atom. The smallest absolute Gasteiger partial charge is 0.409 e. The zero-order valence-corrected chi connectivity index (χ0v) is 11.8. The molecule has 0 saturated heterocycles. The van der Waals surface area contributed by atoms with E-state index in [-0.39, 0.29) is 24.2 Å². The lowest BCUT2D eigenvalue weighted by atomic mass is 10.2. The second-order valence-electron chi connectivity index (χ2n) is 4.78. The van der Waals surface area contributed by atoms with Crippen molar-refractivity contribution in [3.63, 3.8) is 0 Å². The molecule has 3 N–H and O–H groups in total. The molecule has 118 valence electrons. The number of nitrogens with zero attached hydrogens (tertiary/aromatic N) is 2. The van der Waals surface area contributed by atoms with Crippen molar-refractivity contribution in [3.8, 4) is 5.75 Å². The van der Waals surface area contributed by atoms with Gasteiger partial charge >= 0.3 is 6.36 Å². The lowest BCUT2D eigenvalue weighted by molar-refractivity contribution is -0.274. The molecule has 1 aromatic rings. The number of benzene rings is 1. The summed E-state index contributed by atoms with van der Waals surface area (Å²) in [7, 11) is 0. The highest BCUT2D eigenvalue weighted by molar-refractivity contribution is 5.81. The van der Waals surface area contributed by atoms with Crippen molar-refractivity contribution in [2.45, 2.75) is 32.8 Å². The van der Waals surface area contributed by atoms with Gasteiger partial charge in [-0.15, -0.1) is 13.2 Å². The van der Waals surface area contributed by atoms with Crippen LogP contribution in [-0.4, -0.2) is 34.9 Å². The van der Waals surface area contributed by atoms with Crippen molar-refractivity contribution in [3.05, 3.63) is 29.8 Å². The Morgan fingerprint density at radius 3 is 2.33 bits per heavy atom. The number of amidine groups is 1. The first-order valence-corrected chi connectivity index (χ1v) is 6.26. The van der Waals surface area contributed by atoms with Crippen LogP contribution < -0.4 is 10.5 Å². The molecule has 21 heavy (non-hydrogen) atoms. The molecule has 0 spiro atoms. The van der Waals surface area contributed by atoms with E-state index < -0.39 is 6.36 Å². The summed E-state index contributed by atoms with van der Waals surface area (Å²) in [5.74, 6) is -0.195. The Bertz CT molecular complexity index is 473. The molecule has 0 bridgehead atoms. The number of alkyl halides is 3. The summed E-state index contributed by atoms with van der Waals surface area (Å²) in [6.07, 6.45) is -4.70. The van der Waals surface area contributed by atoms with Gasteiger partial charge in [0.2, 0.25) is 0 Å². The Kier molecular flexibility index (Phi) is 5.83. The van der Waals surface area contributed by atoms with E-state index in [1.165, 1.54) is 12.1 Å². The van der Waals surface area contributed by atoms with Crippen molar-refractivity contribution in [2.24, 2.45) is 10.9 Å². The summed E-state index contributed by atoms with van der Waals surface area (Å²) >= 11 is 0. The largest absolute Gasteiger partial charge is 0.573 e. The Balaban J connectivity index is 2.72. The molecule has 8 heteroatoms. The van der Waals surface area contributed by atoms with Gasteiger partial charge < -0.3 is 15.7 Å². The highest BCUT2D eigenvalue weighted by Gasteiger charge is 2.30. The first-order chi connectivity index (χ1) is 9.71. The van der Waals surface area contributed by atoms with Crippen LogP contribution in [0.2, 0.25) is 0 Å². The van der Waals surface area contributed by atoms with Crippen LogP contribution in [0.5, 0.6) is 5.75 Å². The van der Waals surface area contributed by atoms with Crippen molar-refractivity contribution in [2.75, 3.05) is 6.54 Å². The molecule has 0 heterocycles. The molecule has 0 aliphatic heterocycles. The van der Waals surface area contributed by atoms with Gasteiger partial charge in [-0.1, -0.05) is 17.3 Å². The van der Waals surface area contributed by atoms with Crippen molar-refractivity contribution >= 4 is 5.84 Å². The third-order valence-electron chi connectivity index (χ3n) is 2.77. The van der Waals surface area contributed by atoms with Crippen LogP contribution in [0.15, 0.2) is 29.4 Å². The van der Waals surface area contributed by atoms with Crippen LogP contribution in [0.3, 0.4) is 0 Å². The average Bonchev–Trinajstić information content (AvgIpc) is 2.38. The predicted molar refractivity (Wildman–Crippen MR) is 72.1 cm³/mol. The van der Waals surface area contributed by atoms with Gasteiger partial charge in [0.25, 0.3) is 0 Å². The number of oxime groups is 1. The SMILES string of the molecule is CC(C)N(CC(N)=NO)Cc1ccc(OC(F)(F)F)cc1. The maximum atomic E-state index is 12.1. The molecule has 1 aromatic carbocycles. The molecule has 0 amide bonds. The summed E-state index contributed by atoms with van der Waals surface area (Å²) in [5, 5.41) is 11.5. The third kappa shape index (κ3) is 6.35. The van der Waals surface area contributed by atoms with Crippen LogP contribution in [-0.2, 0) is 6.54 Å². The zero-order valence-electron chi connectivity index (χ0n) is 11.8. The van der Waals surface area contributed by atoms with Crippen molar-refractivity contribution in [1.82, 2.24) is 4.90 Å². The van der Waals surface area contributed by atoms with Gasteiger partial charge in [0.15, 0.2) is 5.84 Å². The van der Waals surface area contributed by atoms with E-state index in [1.807, 2.05) is 18.7 Å². The number of ether oxygens (including phenoxy) is 1. The van der Waals surface area contributed by atoms with E-state index in [0.717, 1.165) is 5.56 Å². The lowest BCUT2D eigenvalue weighted by Crippen LogP contribution is -2.38. The van der Waals surface area contributed by atoms with Crippen LogP contribution in [0.1, 0.15) is 19.4 Å². The van der Waals surface area contributed by atoms with Crippen molar-refractivity contribution in [1.29, 1.82) is 0 Å². The summed E-state index contributed by atoms with van der Waals surface area (Å²) < 4.78 is 40.0. The number of rotatable bonds is 6. The highest BCUT2D eigenvalue weighted by Crippen LogP contribution is 2.23. The third-order valence-corrected chi connectivity index (χ3v) is 2.77. The van der Waals surface area contributed by atoms with E-state index >= 15 is 0 Å². The zero-order chi connectivity index (χ0) is 16.0. The van der Waals surface area contributed by atoms with E-state index in [1.54, 1.807) is 12.1 Å². The molecule has 0 atom stereocenters. The highest BCUT2D eigenvalue weighted by atomic mass is 19.4. The first kappa shape index (κ1) is 17.1. The minimum Gasteiger partial charge on any atom is -0.409 e. The monoisotopic (exact) mass is 305 g/mol. The van der Waals surface area contributed by atoms with E-state index in [2.05, 4.69) is 9.89 Å². The van der Waals surface area contributed by atoms with E-state index in [9.17, 15) is 13.2 Å². The minimum atomic E-state index is -4.70. The molecule has 0 radical (unpaired) electrons. The van der Waals surface area contributed by atoms with Gasteiger partial charge in [-0.05, 0) is 31.5 Å². The normalized spacial score (nSPS) is 13.0.